The Bertz CT molecular complexity index is 303. The molecule has 0 saturated carbocycles. The summed E-state index contributed by atoms with van der Waals surface area (Å²) in [4.78, 5) is 4.21. The van der Waals surface area contributed by atoms with Gasteiger partial charge in [-0.3, -0.25) is 4.98 Å². The first kappa shape index (κ1) is 14.8. The first-order valence-corrected chi connectivity index (χ1v) is 5.24. The molecule has 0 aliphatic carbocycles. The van der Waals surface area contributed by atoms with Crippen molar-refractivity contribution in [2.45, 2.75) is 19.9 Å². The third-order valence-electron chi connectivity index (χ3n) is 2.32. The molecule has 1 rings (SSSR count). The second-order valence-electron chi connectivity index (χ2n) is 4.03. The Morgan fingerprint density at radius 2 is 2.13 bits per heavy atom. The van der Waals surface area contributed by atoms with Crippen molar-refractivity contribution in [1.82, 2.24) is 4.98 Å². The number of hydrogen-bond donors (Lipinski definition) is 2. The van der Waals surface area contributed by atoms with E-state index in [0.717, 1.165) is 10.2 Å². The van der Waals surface area contributed by atoms with E-state index in [9.17, 15) is 0 Å². The summed E-state index contributed by atoms with van der Waals surface area (Å²) in [5.41, 5.74) is 6.45. The van der Waals surface area contributed by atoms with E-state index in [4.69, 9.17) is 10.8 Å². The Balaban J connectivity index is 0.00000196. The molecule has 15 heavy (non-hydrogen) atoms. The van der Waals surface area contributed by atoms with Crippen molar-refractivity contribution in [1.29, 1.82) is 0 Å². The number of hydrogen-bond acceptors (Lipinski definition) is 3. The van der Waals surface area contributed by atoms with Crippen LogP contribution in [0.5, 0.6) is 0 Å². The minimum Gasteiger partial charge on any atom is -0.396 e. The lowest BCUT2D eigenvalue weighted by molar-refractivity contribution is 0.130. The van der Waals surface area contributed by atoms with Gasteiger partial charge in [0.2, 0.25) is 0 Å². The maximum absolute atomic E-state index is 9.16. The van der Waals surface area contributed by atoms with Crippen LogP contribution in [0.2, 0.25) is 0 Å². The predicted molar refractivity (Wildman–Crippen MR) is 67.0 cm³/mol. The highest BCUT2D eigenvalue weighted by Crippen LogP contribution is 2.29. The van der Waals surface area contributed by atoms with Gasteiger partial charge >= 0.3 is 0 Å². The second-order valence-corrected chi connectivity index (χ2v) is 4.94. The average Bonchev–Trinajstić information content (AvgIpc) is 2.18. The molecule has 0 unspecified atom stereocenters. The van der Waals surface area contributed by atoms with Gasteiger partial charge in [0.25, 0.3) is 0 Å². The van der Waals surface area contributed by atoms with Crippen LogP contribution < -0.4 is 5.73 Å². The highest BCUT2D eigenvalue weighted by atomic mass is 79.9. The van der Waals surface area contributed by atoms with Crippen molar-refractivity contribution in [3.05, 3.63) is 28.5 Å². The summed E-state index contributed by atoms with van der Waals surface area (Å²) in [5, 5.41) is 9.16. The summed E-state index contributed by atoms with van der Waals surface area (Å²) in [6, 6.07) is 3.52. The zero-order chi connectivity index (χ0) is 10.8. The van der Waals surface area contributed by atoms with Gasteiger partial charge in [-0.15, -0.1) is 12.4 Å². The number of aliphatic hydroxyl groups is 1. The summed E-state index contributed by atoms with van der Waals surface area (Å²) < 4.78 is 0.926. The number of nitrogens with zero attached hydrogens (tertiary/aromatic N) is 1. The number of aromatic nitrogens is 1. The molecule has 1 heterocycles. The molecular weight excluding hydrogens is 279 g/mol. The first-order chi connectivity index (χ1) is 6.47. The Morgan fingerprint density at radius 1 is 1.53 bits per heavy atom. The predicted octanol–water partition coefficient (Wildman–Crippen LogP) is 2.28. The molecule has 0 amide bonds. The van der Waals surface area contributed by atoms with Crippen LogP contribution >= 0.6 is 28.3 Å². The number of aliphatic hydroxyl groups excluding tert-OH is 1. The highest BCUT2D eigenvalue weighted by molar-refractivity contribution is 9.10. The quantitative estimate of drug-likeness (QED) is 0.899. The first-order valence-electron chi connectivity index (χ1n) is 4.45. The van der Waals surface area contributed by atoms with Gasteiger partial charge in [0.1, 0.15) is 0 Å². The lowest BCUT2D eigenvalue weighted by Gasteiger charge is -2.28. The molecule has 3 N–H and O–H groups in total. The average molecular weight is 296 g/mol. The van der Waals surface area contributed by atoms with Gasteiger partial charge in [-0.25, -0.2) is 0 Å². The van der Waals surface area contributed by atoms with Crippen LogP contribution in [0.4, 0.5) is 0 Å². The van der Waals surface area contributed by atoms with E-state index in [-0.39, 0.29) is 30.5 Å². The normalized spacial score (nSPS) is 13.1. The summed E-state index contributed by atoms with van der Waals surface area (Å²) in [6.45, 7) is 3.88. The SMILES string of the molecule is CC(C)(CO)[C@@H](N)c1ccc(Br)cn1.Cl. The highest BCUT2D eigenvalue weighted by Gasteiger charge is 2.27. The Labute approximate surface area is 105 Å². The van der Waals surface area contributed by atoms with Crippen molar-refractivity contribution in [2.75, 3.05) is 6.61 Å². The van der Waals surface area contributed by atoms with Gasteiger partial charge in [0.15, 0.2) is 0 Å². The fourth-order valence-corrected chi connectivity index (χ4v) is 1.30. The molecule has 0 bridgehead atoms. The molecule has 1 atom stereocenters. The van der Waals surface area contributed by atoms with E-state index >= 15 is 0 Å². The third kappa shape index (κ3) is 3.72. The Morgan fingerprint density at radius 3 is 2.53 bits per heavy atom. The Kier molecular flexibility index (Phi) is 5.73. The summed E-state index contributed by atoms with van der Waals surface area (Å²) in [5.74, 6) is 0. The Hall–Kier alpha value is -0.160. The van der Waals surface area contributed by atoms with Crippen LogP contribution in [0.25, 0.3) is 0 Å². The van der Waals surface area contributed by atoms with Crippen molar-refractivity contribution >= 4 is 28.3 Å². The zero-order valence-corrected chi connectivity index (χ0v) is 11.2. The molecule has 1 aromatic heterocycles. The molecule has 3 nitrogen and oxygen atoms in total. The van der Waals surface area contributed by atoms with Crippen molar-refractivity contribution in [2.24, 2.45) is 11.1 Å². The van der Waals surface area contributed by atoms with E-state index < -0.39 is 0 Å². The van der Waals surface area contributed by atoms with Crippen molar-refractivity contribution in [3.63, 3.8) is 0 Å². The molecular formula is C10H16BrClN2O. The van der Waals surface area contributed by atoms with Crippen molar-refractivity contribution in [3.8, 4) is 0 Å². The maximum atomic E-state index is 9.16. The van der Waals surface area contributed by atoms with Crippen LogP contribution in [-0.2, 0) is 0 Å². The molecule has 0 saturated heterocycles. The van der Waals surface area contributed by atoms with Crippen LogP contribution in [-0.4, -0.2) is 16.7 Å². The molecule has 0 aromatic carbocycles. The van der Waals surface area contributed by atoms with Crippen LogP contribution in [0.1, 0.15) is 25.6 Å². The van der Waals surface area contributed by atoms with Gasteiger partial charge in [0, 0.05) is 16.1 Å². The maximum Gasteiger partial charge on any atom is 0.0578 e. The molecule has 1 aromatic rings. The minimum atomic E-state index is -0.346. The topological polar surface area (TPSA) is 59.1 Å². The summed E-state index contributed by atoms with van der Waals surface area (Å²) in [7, 11) is 0. The molecule has 86 valence electrons. The molecule has 0 fully saturated rings. The largest absolute Gasteiger partial charge is 0.396 e. The van der Waals surface area contributed by atoms with Crippen LogP contribution in [0, 0.1) is 5.41 Å². The second kappa shape index (κ2) is 5.80. The molecule has 0 radical (unpaired) electrons. The summed E-state index contributed by atoms with van der Waals surface area (Å²) >= 11 is 3.31. The monoisotopic (exact) mass is 294 g/mol. The molecule has 0 spiro atoms. The van der Waals surface area contributed by atoms with Crippen LogP contribution in [0.3, 0.4) is 0 Å². The molecule has 0 aliphatic rings. The van der Waals surface area contributed by atoms with Crippen molar-refractivity contribution < 1.29 is 5.11 Å². The number of pyridine rings is 1. The van der Waals surface area contributed by atoms with Gasteiger partial charge in [-0.1, -0.05) is 13.8 Å². The van der Waals surface area contributed by atoms with Gasteiger partial charge in [0.05, 0.1) is 18.3 Å². The standard InChI is InChI=1S/C10H15BrN2O.ClH/c1-10(2,6-14)9(12)8-4-3-7(11)5-13-8;/h3-5,9,14H,6,12H2,1-2H3;1H/t9-;/m0./s1. The lowest BCUT2D eigenvalue weighted by atomic mass is 9.84. The fraction of sp³-hybridized carbons (Fsp3) is 0.500. The molecule has 0 aliphatic heterocycles. The van der Waals surface area contributed by atoms with Gasteiger partial charge in [-0.2, -0.15) is 0 Å². The van der Waals surface area contributed by atoms with E-state index in [1.807, 2.05) is 26.0 Å². The van der Waals surface area contributed by atoms with Crippen LogP contribution in [0.15, 0.2) is 22.8 Å². The number of halogens is 2. The molecule has 5 heteroatoms. The lowest BCUT2D eigenvalue weighted by Crippen LogP contribution is -2.32. The van der Waals surface area contributed by atoms with E-state index in [2.05, 4.69) is 20.9 Å². The third-order valence-corrected chi connectivity index (χ3v) is 2.79. The fourth-order valence-electron chi connectivity index (χ4n) is 1.07. The van der Waals surface area contributed by atoms with E-state index in [0.29, 0.717) is 0 Å². The smallest absolute Gasteiger partial charge is 0.0578 e. The minimum absolute atomic E-state index is 0. The van der Waals surface area contributed by atoms with E-state index in [1.165, 1.54) is 0 Å². The van der Waals surface area contributed by atoms with Gasteiger partial charge < -0.3 is 10.8 Å². The van der Waals surface area contributed by atoms with Gasteiger partial charge in [-0.05, 0) is 28.1 Å². The summed E-state index contributed by atoms with van der Waals surface area (Å²) in [6.07, 6.45) is 1.71. The number of nitrogens with two attached hydrogens (primary N) is 1. The zero-order valence-electron chi connectivity index (χ0n) is 8.77. The number of rotatable bonds is 3. The van der Waals surface area contributed by atoms with E-state index in [1.54, 1.807) is 6.20 Å².